The Morgan fingerprint density at radius 1 is 0.950 bits per heavy atom. The molecule has 0 aliphatic carbocycles. The molecule has 1 N–H and O–H groups in total. The summed E-state index contributed by atoms with van der Waals surface area (Å²) in [6.07, 6.45) is 1.77. The van der Waals surface area contributed by atoms with Crippen LogP contribution < -0.4 is 5.32 Å². The van der Waals surface area contributed by atoms with Crippen molar-refractivity contribution in [1.82, 2.24) is 14.5 Å². The van der Waals surface area contributed by atoms with Crippen LogP contribution in [-0.2, 0) is 32.6 Å². The van der Waals surface area contributed by atoms with Gasteiger partial charge in [0.1, 0.15) is 10.9 Å². The second kappa shape index (κ2) is 12.9. The smallest absolute Gasteiger partial charge is 0.269 e. The molecule has 0 bridgehead atoms. The number of unbranched alkanes of at least 4 members (excludes halogenated alkanes) is 1. The Morgan fingerprint density at radius 2 is 1.65 bits per heavy atom. The molecule has 0 fully saturated rings. The van der Waals surface area contributed by atoms with Crippen LogP contribution in [0.4, 0.5) is 0 Å². The second-order valence-electron chi connectivity index (χ2n) is 9.99. The lowest BCUT2D eigenvalue weighted by molar-refractivity contribution is -0.141. The number of rotatable bonds is 12. The molecular weight excluding hydrogens is 526 g/mol. The van der Waals surface area contributed by atoms with Gasteiger partial charge in [-0.05, 0) is 36.6 Å². The predicted octanol–water partition coefficient (Wildman–Crippen LogP) is 4.09. The summed E-state index contributed by atoms with van der Waals surface area (Å²) in [5.74, 6) is -1.32. The average Bonchev–Trinajstić information content (AvgIpc) is 3.14. The Hall–Kier alpha value is -3.98. The van der Waals surface area contributed by atoms with Crippen LogP contribution in [0.3, 0.4) is 0 Å². The SMILES string of the molecule is CCCCNC(=O)C(Cc1ccccc1)N(Cc1cccc(C)c1)C(=O)CCN1C(=O)c2ccccc2S1(=O)=O. The first-order chi connectivity index (χ1) is 19.2. The molecule has 0 saturated carbocycles. The summed E-state index contributed by atoms with van der Waals surface area (Å²) >= 11 is 0. The maximum atomic E-state index is 13.9. The summed E-state index contributed by atoms with van der Waals surface area (Å²) in [6, 6.07) is 22.4. The Kier molecular flexibility index (Phi) is 9.37. The van der Waals surface area contributed by atoms with Crippen LogP contribution in [-0.4, -0.2) is 54.5 Å². The van der Waals surface area contributed by atoms with Gasteiger partial charge in [-0.25, -0.2) is 12.7 Å². The molecule has 1 atom stereocenters. The summed E-state index contributed by atoms with van der Waals surface area (Å²) in [7, 11) is -4.05. The van der Waals surface area contributed by atoms with E-state index in [4.69, 9.17) is 0 Å². The molecule has 4 rings (SSSR count). The van der Waals surface area contributed by atoms with E-state index in [0.717, 1.165) is 33.8 Å². The largest absolute Gasteiger partial charge is 0.354 e. The molecular formula is C31H35N3O5S. The minimum atomic E-state index is -4.05. The average molecular weight is 562 g/mol. The van der Waals surface area contributed by atoms with Gasteiger partial charge in [-0.2, -0.15) is 0 Å². The van der Waals surface area contributed by atoms with Crippen molar-refractivity contribution < 1.29 is 22.8 Å². The molecule has 8 nitrogen and oxygen atoms in total. The van der Waals surface area contributed by atoms with Crippen molar-refractivity contribution >= 4 is 27.7 Å². The maximum Gasteiger partial charge on any atom is 0.269 e. The fraction of sp³-hybridized carbons (Fsp3) is 0.323. The van der Waals surface area contributed by atoms with Gasteiger partial charge in [0.05, 0.1) is 5.56 Å². The van der Waals surface area contributed by atoms with Crippen molar-refractivity contribution in [3.63, 3.8) is 0 Å². The third kappa shape index (κ3) is 6.59. The molecule has 1 aliphatic heterocycles. The minimum absolute atomic E-state index is 0.0543. The zero-order valence-electron chi connectivity index (χ0n) is 22.9. The fourth-order valence-electron chi connectivity index (χ4n) is 4.86. The highest BCUT2D eigenvalue weighted by Crippen LogP contribution is 2.30. The van der Waals surface area contributed by atoms with Crippen LogP contribution in [0.15, 0.2) is 83.8 Å². The van der Waals surface area contributed by atoms with E-state index in [-0.39, 0.29) is 35.9 Å². The number of aryl methyl sites for hydroxylation is 1. The third-order valence-corrected chi connectivity index (χ3v) is 8.82. The summed E-state index contributed by atoms with van der Waals surface area (Å²) in [5, 5.41) is 2.97. The Labute approximate surface area is 236 Å². The molecule has 1 unspecified atom stereocenters. The zero-order chi connectivity index (χ0) is 28.7. The number of nitrogens with one attached hydrogen (secondary N) is 1. The van der Waals surface area contributed by atoms with Crippen molar-refractivity contribution in [2.45, 2.75) is 57.0 Å². The van der Waals surface area contributed by atoms with E-state index in [0.29, 0.717) is 13.0 Å². The first-order valence-electron chi connectivity index (χ1n) is 13.5. The van der Waals surface area contributed by atoms with Gasteiger partial charge in [-0.1, -0.05) is 85.6 Å². The summed E-state index contributed by atoms with van der Waals surface area (Å²) < 4.78 is 26.9. The lowest BCUT2D eigenvalue weighted by Crippen LogP contribution is -2.51. The van der Waals surface area contributed by atoms with Gasteiger partial charge in [-0.15, -0.1) is 0 Å². The molecule has 0 saturated heterocycles. The number of carbonyl (C=O) groups excluding carboxylic acids is 3. The number of carbonyl (C=O) groups is 3. The molecule has 9 heteroatoms. The van der Waals surface area contributed by atoms with Crippen LogP contribution in [0.1, 0.15) is 53.2 Å². The molecule has 0 radical (unpaired) electrons. The van der Waals surface area contributed by atoms with Crippen molar-refractivity contribution in [3.05, 3.63) is 101 Å². The van der Waals surface area contributed by atoms with E-state index in [1.165, 1.54) is 17.0 Å². The zero-order valence-corrected chi connectivity index (χ0v) is 23.7. The van der Waals surface area contributed by atoms with Crippen molar-refractivity contribution in [2.75, 3.05) is 13.1 Å². The van der Waals surface area contributed by atoms with Gasteiger partial charge in [-0.3, -0.25) is 14.4 Å². The number of fused-ring (bicyclic) bond motifs is 1. The highest BCUT2D eigenvalue weighted by Gasteiger charge is 2.41. The summed E-state index contributed by atoms with van der Waals surface area (Å²) in [5.41, 5.74) is 2.87. The van der Waals surface area contributed by atoms with E-state index in [1.807, 2.05) is 68.4 Å². The van der Waals surface area contributed by atoms with Crippen molar-refractivity contribution in [2.24, 2.45) is 0 Å². The lowest BCUT2D eigenvalue weighted by Gasteiger charge is -2.32. The lowest BCUT2D eigenvalue weighted by atomic mass is 10.0. The Morgan fingerprint density at radius 3 is 2.35 bits per heavy atom. The van der Waals surface area contributed by atoms with Crippen molar-refractivity contribution in [3.8, 4) is 0 Å². The normalized spacial score (nSPS) is 14.4. The number of amides is 3. The maximum absolute atomic E-state index is 13.9. The van der Waals surface area contributed by atoms with E-state index < -0.39 is 27.9 Å². The van der Waals surface area contributed by atoms with Crippen molar-refractivity contribution in [1.29, 1.82) is 0 Å². The third-order valence-electron chi connectivity index (χ3n) is 6.98. The van der Waals surface area contributed by atoms with Gasteiger partial charge >= 0.3 is 0 Å². The molecule has 1 heterocycles. The quantitative estimate of drug-likeness (QED) is 0.336. The molecule has 1 aliphatic rings. The molecule has 0 spiro atoms. The van der Waals surface area contributed by atoms with Gasteiger partial charge in [0.2, 0.25) is 11.8 Å². The van der Waals surface area contributed by atoms with Crippen LogP contribution in [0.25, 0.3) is 0 Å². The monoisotopic (exact) mass is 561 g/mol. The van der Waals surface area contributed by atoms with E-state index >= 15 is 0 Å². The first kappa shape index (κ1) is 29.0. The van der Waals surface area contributed by atoms with Crippen LogP contribution in [0.5, 0.6) is 0 Å². The highest BCUT2D eigenvalue weighted by atomic mass is 32.2. The minimum Gasteiger partial charge on any atom is -0.354 e. The van der Waals surface area contributed by atoms with Crippen LogP contribution in [0.2, 0.25) is 0 Å². The summed E-state index contributed by atoms with van der Waals surface area (Å²) in [6.45, 7) is 4.34. The number of sulfonamides is 1. The topological polar surface area (TPSA) is 104 Å². The van der Waals surface area contributed by atoms with Crippen LogP contribution >= 0.6 is 0 Å². The van der Waals surface area contributed by atoms with Gasteiger partial charge in [0.15, 0.2) is 0 Å². The number of benzene rings is 3. The highest BCUT2D eigenvalue weighted by molar-refractivity contribution is 7.90. The molecule has 40 heavy (non-hydrogen) atoms. The van der Waals surface area contributed by atoms with Crippen LogP contribution in [0, 0.1) is 6.92 Å². The molecule has 0 aromatic heterocycles. The van der Waals surface area contributed by atoms with E-state index in [9.17, 15) is 22.8 Å². The Bertz CT molecular complexity index is 1470. The predicted molar refractivity (Wildman–Crippen MR) is 153 cm³/mol. The Balaban J connectivity index is 1.62. The van der Waals surface area contributed by atoms with Gasteiger partial charge < -0.3 is 10.2 Å². The fourth-order valence-corrected chi connectivity index (χ4v) is 6.43. The van der Waals surface area contributed by atoms with Gasteiger partial charge in [0, 0.05) is 32.5 Å². The number of hydrogen-bond donors (Lipinski definition) is 1. The summed E-state index contributed by atoms with van der Waals surface area (Å²) in [4.78, 5) is 41.8. The van der Waals surface area contributed by atoms with E-state index in [2.05, 4.69) is 5.32 Å². The molecule has 3 aromatic rings. The second-order valence-corrected chi connectivity index (χ2v) is 11.8. The van der Waals surface area contributed by atoms with E-state index in [1.54, 1.807) is 12.1 Å². The molecule has 210 valence electrons. The number of hydrogen-bond acceptors (Lipinski definition) is 5. The first-order valence-corrected chi connectivity index (χ1v) is 15.0. The number of nitrogens with zero attached hydrogens (tertiary/aromatic N) is 2. The van der Waals surface area contributed by atoms with Gasteiger partial charge in [0.25, 0.3) is 15.9 Å². The standard InChI is InChI=1S/C31H35N3O5S/c1-3-4-18-32-30(36)27(21-24-12-6-5-7-13-24)33(22-25-14-10-11-23(2)20-25)29(35)17-19-34-31(37)26-15-8-9-16-28(26)40(34,38)39/h5-16,20,27H,3-4,17-19,21-22H2,1-2H3,(H,32,36). The molecule has 3 aromatic carbocycles. The molecule has 3 amide bonds.